The summed E-state index contributed by atoms with van der Waals surface area (Å²) in [5, 5.41) is 0. The lowest BCUT2D eigenvalue weighted by Crippen LogP contribution is -2.47. The smallest absolute Gasteiger partial charge is 0.281 e. The lowest BCUT2D eigenvalue weighted by atomic mass is 9.96. The Balaban J connectivity index is 1.84. The van der Waals surface area contributed by atoms with Crippen LogP contribution in [-0.4, -0.2) is 73.6 Å². The summed E-state index contributed by atoms with van der Waals surface area (Å²) in [5.41, 5.74) is 1.15. The first-order valence-corrected chi connectivity index (χ1v) is 9.53. The molecule has 0 saturated carbocycles. The Morgan fingerprint density at radius 1 is 1.21 bits per heavy atom. The molecule has 0 atom stereocenters. The molecule has 0 aromatic carbocycles. The molecule has 1 fully saturated rings. The van der Waals surface area contributed by atoms with Crippen molar-refractivity contribution in [3.8, 4) is 0 Å². The number of pyridine rings is 1. The molecule has 1 aliphatic rings. The summed E-state index contributed by atoms with van der Waals surface area (Å²) in [4.78, 5) is 18.3. The molecule has 8 heteroatoms. The van der Waals surface area contributed by atoms with Gasteiger partial charge in [-0.25, -0.2) is 0 Å². The molecule has 0 spiro atoms. The normalized spacial score (nSPS) is 17.2. The van der Waals surface area contributed by atoms with Gasteiger partial charge >= 0.3 is 0 Å². The van der Waals surface area contributed by atoms with Gasteiger partial charge in [0.2, 0.25) is 5.91 Å². The molecule has 0 radical (unpaired) electrons. The molecule has 2 rings (SSSR count). The van der Waals surface area contributed by atoms with Crippen molar-refractivity contribution in [2.75, 3.05) is 40.8 Å². The minimum atomic E-state index is -3.38. The highest BCUT2D eigenvalue weighted by Gasteiger charge is 2.33. The van der Waals surface area contributed by atoms with Crippen LogP contribution in [0.4, 0.5) is 0 Å². The maximum atomic E-state index is 12.5. The Kier molecular flexibility index (Phi) is 6.31. The van der Waals surface area contributed by atoms with Crippen molar-refractivity contribution >= 4 is 16.1 Å². The topological polar surface area (TPSA) is 73.8 Å². The minimum Gasteiger partial charge on any atom is -0.345 e. The van der Waals surface area contributed by atoms with E-state index in [9.17, 15) is 13.2 Å². The molecule has 1 aromatic rings. The second-order valence-corrected chi connectivity index (χ2v) is 8.47. The average molecular weight is 354 g/mol. The zero-order valence-corrected chi connectivity index (χ0v) is 15.4. The molecule has 1 aliphatic heterocycles. The average Bonchev–Trinajstić information content (AvgIpc) is 2.60. The highest BCUT2D eigenvalue weighted by atomic mass is 32.2. The van der Waals surface area contributed by atoms with Crippen molar-refractivity contribution in [3.63, 3.8) is 0 Å². The number of piperidine rings is 1. The van der Waals surface area contributed by atoms with Crippen LogP contribution in [-0.2, 0) is 21.4 Å². The van der Waals surface area contributed by atoms with E-state index in [1.165, 1.54) is 22.7 Å². The van der Waals surface area contributed by atoms with E-state index >= 15 is 0 Å². The van der Waals surface area contributed by atoms with Gasteiger partial charge in [0.05, 0.1) is 0 Å². The quantitative estimate of drug-likeness (QED) is 0.750. The standard InChI is InChI=1S/C16H26N4O3S/c1-18(2)24(22,23)20-12-7-15(8-13-20)16(21)19(3)11-6-14-4-9-17-10-5-14/h4-5,9-10,15H,6-8,11-13H2,1-3H3. The van der Waals surface area contributed by atoms with E-state index < -0.39 is 10.2 Å². The first-order valence-electron chi connectivity index (χ1n) is 8.14. The first-order chi connectivity index (χ1) is 11.3. The molecule has 0 bridgehead atoms. The van der Waals surface area contributed by atoms with E-state index in [-0.39, 0.29) is 11.8 Å². The largest absolute Gasteiger partial charge is 0.345 e. The van der Waals surface area contributed by atoms with Crippen molar-refractivity contribution in [1.29, 1.82) is 0 Å². The molecule has 0 N–H and O–H groups in total. The Morgan fingerprint density at radius 3 is 2.33 bits per heavy atom. The summed E-state index contributed by atoms with van der Waals surface area (Å²) in [6.07, 6.45) is 5.44. The third-order valence-corrected chi connectivity index (χ3v) is 6.39. The molecule has 0 aliphatic carbocycles. The Hall–Kier alpha value is -1.51. The van der Waals surface area contributed by atoms with Gasteiger partial charge in [0.15, 0.2) is 0 Å². The second kappa shape index (κ2) is 8.04. The molecular weight excluding hydrogens is 328 g/mol. The van der Waals surface area contributed by atoms with Crippen LogP contribution in [0.3, 0.4) is 0 Å². The summed E-state index contributed by atoms with van der Waals surface area (Å²) < 4.78 is 26.9. The van der Waals surface area contributed by atoms with Gasteiger partial charge in [-0.2, -0.15) is 17.0 Å². The van der Waals surface area contributed by atoms with E-state index in [4.69, 9.17) is 0 Å². The van der Waals surface area contributed by atoms with Crippen LogP contribution in [0, 0.1) is 5.92 Å². The monoisotopic (exact) mass is 354 g/mol. The van der Waals surface area contributed by atoms with E-state index in [0.29, 0.717) is 32.5 Å². The third-order valence-electron chi connectivity index (χ3n) is 4.45. The van der Waals surface area contributed by atoms with E-state index in [0.717, 1.165) is 12.0 Å². The molecule has 0 unspecified atom stereocenters. The van der Waals surface area contributed by atoms with E-state index in [2.05, 4.69) is 4.98 Å². The maximum Gasteiger partial charge on any atom is 0.281 e. The van der Waals surface area contributed by atoms with Crippen molar-refractivity contribution in [3.05, 3.63) is 30.1 Å². The van der Waals surface area contributed by atoms with Crippen LogP contribution in [0.25, 0.3) is 0 Å². The zero-order chi connectivity index (χ0) is 17.7. The van der Waals surface area contributed by atoms with Crippen LogP contribution in [0.2, 0.25) is 0 Å². The SMILES string of the molecule is CN(CCc1ccncc1)C(=O)C1CCN(S(=O)(=O)N(C)C)CC1. The van der Waals surface area contributed by atoms with E-state index in [1.807, 2.05) is 19.2 Å². The molecule has 2 heterocycles. The molecular formula is C16H26N4O3S. The molecule has 24 heavy (non-hydrogen) atoms. The number of carbonyl (C=O) groups excluding carboxylic acids is 1. The Bertz CT molecular complexity index is 641. The highest BCUT2D eigenvalue weighted by molar-refractivity contribution is 7.86. The molecule has 134 valence electrons. The number of amides is 1. The number of likely N-dealkylation sites (N-methyl/N-ethyl adjacent to an activating group) is 1. The number of hydrogen-bond acceptors (Lipinski definition) is 4. The maximum absolute atomic E-state index is 12.5. The molecule has 1 amide bonds. The summed E-state index contributed by atoms with van der Waals surface area (Å²) >= 11 is 0. The van der Waals surface area contributed by atoms with Gasteiger partial charge in [0, 0.05) is 59.1 Å². The first kappa shape index (κ1) is 18.8. The molecule has 1 aromatic heterocycles. The number of rotatable bonds is 6. The lowest BCUT2D eigenvalue weighted by molar-refractivity contribution is -0.135. The highest BCUT2D eigenvalue weighted by Crippen LogP contribution is 2.22. The zero-order valence-electron chi connectivity index (χ0n) is 14.6. The van der Waals surface area contributed by atoms with Crippen molar-refractivity contribution in [2.45, 2.75) is 19.3 Å². The van der Waals surface area contributed by atoms with Gasteiger partial charge < -0.3 is 4.90 Å². The van der Waals surface area contributed by atoms with Crippen LogP contribution < -0.4 is 0 Å². The van der Waals surface area contributed by atoms with Crippen molar-refractivity contribution in [2.24, 2.45) is 5.92 Å². The Labute approximate surface area is 144 Å². The Morgan fingerprint density at radius 2 is 1.79 bits per heavy atom. The second-order valence-electron chi connectivity index (χ2n) is 6.33. The van der Waals surface area contributed by atoms with Crippen LogP contribution in [0.1, 0.15) is 18.4 Å². The number of nitrogens with zero attached hydrogens (tertiary/aromatic N) is 4. The van der Waals surface area contributed by atoms with Crippen molar-refractivity contribution < 1.29 is 13.2 Å². The van der Waals surface area contributed by atoms with Gasteiger partial charge in [0.25, 0.3) is 10.2 Å². The predicted molar refractivity (Wildman–Crippen MR) is 92.5 cm³/mol. The summed E-state index contributed by atoms with van der Waals surface area (Å²) in [6, 6.07) is 3.89. The fourth-order valence-electron chi connectivity index (χ4n) is 2.83. The third kappa shape index (κ3) is 4.52. The van der Waals surface area contributed by atoms with Gasteiger partial charge in [0.1, 0.15) is 0 Å². The van der Waals surface area contributed by atoms with Crippen LogP contribution in [0.5, 0.6) is 0 Å². The summed E-state index contributed by atoms with van der Waals surface area (Å²) in [6.45, 7) is 1.45. The molecule has 1 saturated heterocycles. The van der Waals surface area contributed by atoms with Gasteiger partial charge in [-0.15, -0.1) is 0 Å². The van der Waals surface area contributed by atoms with Gasteiger partial charge in [-0.3, -0.25) is 9.78 Å². The number of carbonyl (C=O) groups is 1. The fourth-order valence-corrected chi connectivity index (χ4v) is 3.97. The summed E-state index contributed by atoms with van der Waals surface area (Å²) in [5.74, 6) is 0.00649. The minimum absolute atomic E-state index is 0.0962. The lowest BCUT2D eigenvalue weighted by Gasteiger charge is -2.33. The predicted octanol–water partition coefficient (Wildman–Crippen LogP) is 0.601. The van der Waals surface area contributed by atoms with Gasteiger partial charge in [-0.05, 0) is 37.0 Å². The number of aromatic nitrogens is 1. The number of hydrogen-bond donors (Lipinski definition) is 0. The fraction of sp³-hybridized carbons (Fsp3) is 0.625. The van der Waals surface area contributed by atoms with Crippen molar-refractivity contribution in [1.82, 2.24) is 18.5 Å². The van der Waals surface area contributed by atoms with Crippen LogP contribution in [0.15, 0.2) is 24.5 Å². The van der Waals surface area contributed by atoms with E-state index in [1.54, 1.807) is 17.3 Å². The van der Waals surface area contributed by atoms with Crippen LogP contribution >= 0.6 is 0 Å². The van der Waals surface area contributed by atoms with Gasteiger partial charge in [-0.1, -0.05) is 0 Å². The molecule has 7 nitrogen and oxygen atoms in total. The summed E-state index contributed by atoms with van der Waals surface area (Å²) in [7, 11) is 1.49.